The summed E-state index contributed by atoms with van der Waals surface area (Å²) < 4.78 is 5.06. The number of hydrogen-bond acceptors (Lipinski definition) is 5. The van der Waals surface area contributed by atoms with Gasteiger partial charge in [-0.1, -0.05) is 0 Å². The fourth-order valence-electron chi connectivity index (χ4n) is 2.89. The van der Waals surface area contributed by atoms with Crippen molar-refractivity contribution in [2.45, 2.75) is 40.7 Å². The molecule has 7 heteroatoms. The van der Waals surface area contributed by atoms with Crippen molar-refractivity contribution in [3.05, 3.63) is 46.8 Å². The molecule has 0 aliphatic heterocycles. The summed E-state index contributed by atoms with van der Waals surface area (Å²) in [5.74, 6) is -0.733. The molecule has 0 aliphatic carbocycles. The van der Waals surface area contributed by atoms with Gasteiger partial charge in [0.25, 0.3) is 0 Å². The zero-order valence-corrected chi connectivity index (χ0v) is 16.2. The van der Waals surface area contributed by atoms with Crippen molar-refractivity contribution in [2.75, 3.05) is 17.2 Å². The first kappa shape index (κ1) is 20.2. The van der Waals surface area contributed by atoms with Gasteiger partial charge in [-0.3, -0.25) is 9.59 Å². The summed E-state index contributed by atoms with van der Waals surface area (Å²) in [6, 6.07) is 6.56. The number of carbonyl (C=O) groups excluding carboxylic acids is 3. The van der Waals surface area contributed by atoms with Crippen LogP contribution in [0.1, 0.15) is 52.9 Å². The first-order valence-corrected chi connectivity index (χ1v) is 8.79. The number of rotatable bonds is 7. The van der Waals surface area contributed by atoms with E-state index in [1.807, 2.05) is 0 Å². The molecule has 7 nitrogen and oxygen atoms in total. The van der Waals surface area contributed by atoms with Gasteiger partial charge in [0.2, 0.25) is 11.7 Å². The van der Waals surface area contributed by atoms with E-state index < -0.39 is 12.0 Å². The van der Waals surface area contributed by atoms with Crippen molar-refractivity contribution in [3.8, 4) is 0 Å². The molecule has 0 bridgehead atoms. The second-order valence-corrected chi connectivity index (χ2v) is 6.33. The van der Waals surface area contributed by atoms with Gasteiger partial charge in [0.1, 0.15) is 0 Å². The van der Waals surface area contributed by atoms with Gasteiger partial charge in [0, 0.05) is 24.0 Å². The number of H-pyrrole nitrogens is 1. The maximum Gasteiger partial charge on any atom is 0.340 e. The highest BCUT2D eigenvalue weighted by atomic mass is 16.5. The monoisotopic (exact) mass is 371 g/mol. The number of esters is 1. The Bertz CT molecular complexity index is 853. The van der Waals surface area contributed by atoms with Crippen LogP contribution in [0.4, 0.5) is 11.4 Å². The Kier molecular flexibility index (Phi) is 6.39. The van der Waals surface area contributed by atoms with Crippen molar-refractivity contribution in [1.82, 2.24) is 4.98 Å². The smallest absolute Gasteiger partial charge is 0.340 e. The molecule has 1 aromatic carbocycles. The van der Waals surface area contributed by atoms with Gasteiger partial charge in [0.15, 0.2) is 0 Å². The predicted molar refractivity (Wildman–Crippen MR) is 104 cm³/mol. The number of carbonyl (C=O) groups is 3. The maximum absolute atomic E-state index is 12.8. The minimum atomic E-state index is -0.511. The van der Waals surface area contributed by atoms with Gasteiger partial charge in [-0.05, 0) is 57.5 Å². The van der Waals surface area contributed by atoms with Crippen molar-refractivity contribution < 1.29 is 19.1 Å². The molecular weight excluding hydrogens is 346 g/mol. The molecule has 2 aromatic rings. The molecule has 0 saturated heterocycles. The van der Waals surface area contributed by atoms with E-state index >= 15 is 0 Å². The van der Waals surface area contributed by atoms with Crippen LogP contribution in [0, 0.1) is 13.8 Å². The minimum Gasteiger partial charge on any atom is -0.462 e. The highest BCUT2D eigenvalue weighted by molar-refractivity contribution is 6.04. The first-order valence-electron chi connectivity index (χ1n) is 8.79. The van der Waals surface area contributed by atoms with Gasteiger partial charge in [-0.15, -0.1) is 0 Å². The average molecular weight is 371 g/mol. The van der Waals surface area contributed by atoms with E-state index in [2.05, 4.69) is 15.6 Å². The van der Waals surface area contributed by atoms with Gasteiger partial charge in [-0.25, -0.2) is 4.79 Å². The number of aromatic nitrogens is 1. The number of ether oxygens (including phenoxy) is 1. The molecule has 0 aliphatic rings. The number of nitrogens with one attached hydrogen (secondary N) is 3. The van der Waals surface area contributed by atoms with E-state index in [0.717, 1.165) is 5.69 Å². The Morgan fingerprint density at radius 3 is 2.26 bits per heavy atom. The van der Waals surface area contributed by atoms with E-state index in [-0.39, 0.29) is 18.3 Å². The Morgan fingerprint density at radius 2 is 1.70 bits per heavy atom. The zero-order chi connectivity index (χ0) is 20.1. The molecule has 144 valence electrons. The number of aryl methyl sites for hydroxylation is 1. The largest absolute Gasteiger partial charge is 0.462 e. The van der Waals surface area contributed by atoms with E-state index in [0.29, 0.717) is 28.2 Å². The number of benzene rings is 1. The molecule has 1 aromatic heterocycles. The number of ketones is 1. The third-order valence-electron chi connectivity index (χ3n) is 4.15. The summed E-state index contributed by atoms with van der Waals surface area (Å²) in [6.45, 7) is 8.69. The molecule has 0 saturated carbocycles. The number of Topliss-reactive ketones (excluding diaryl/α,β-unsaturated/α-hetero) is 1. The molecule has 1 atom stereocenters. The molecule has 0 radical (unpaired) electrons. The first-order chi connectivity index (χ1) is 12.7. The number of hydrogen-bond donors (Lipinski definition) is 3. The molecule has 1 amide bonds. The average Bonchev–Trinajstić information content (AvgIpc) is 2.90. The number of aromatic amines is 1. The Morgan fingerprint density at radius 1 is 1.11 bits per heavy atom. The maximum atomic E-state index is 12.8. The molecule has 0 spiro atoms. The Balaban J connectivity index is 2.14. The predicted octanol–water partition coefficient (Wildman–Crippen LogP) is 3.45. The quantitative estimate of drug-likeness (QED) is 0.511. The van der Waals surface area contributed by atoms with Crippen LogP contribution in [0.2, 0.25) is 0 Å². The summed E-state index contributed by atoms with van der Waals surface area (Å²) in [7, 11) is 0. The molecular formula is C20H25N3O4. The molecule has 0 fully saturated rings. The lowest BCUT2D eigenvalue weighted by molar-refractivity contribution is -0.114. The second kappa shape index (κ2) is 8.53. The van der Waals surface area contributed by atoms with Crippen molar-refractivity contribution in [1.29, 1.82) is 0 Å². The normalized spacial score (nSPS) is 11.6. The van der Waals surface area contributed by atoms with Crippen LogP contribution in [0.15, 0.2) is 24.3 Å². The second-order valence-electron chi connectivity index (χ2n) is 6.33. The molecule has 3 N–H and O–H groups in total. The van der Waals surface area contributed by atoms with Gasteiger partial charge in [-0.2, -0.15) is 0 Å². The molecule has 2 rings (SSSR count). The summed E-state index contributed by atoms with van der Waals surface area (Å²) >= 11 is 0. The van der Waals surface area contributed by atoms with Crippen LogP contribution < -0.4 is 10.6 Å². The highest BCUT2D eigenvalue weighted by Crippen LogP contribution is 2.22. The van der Waals surface area contributed by atoms with Crippen molar-refractivity contribution in [2.24, 2.45) is 0 Å². The van der Waals surface area contributed by atoms with Crippen LogP contribution in [-0.4, -0.2) is 35.3 Å². The third-order valence-corrected chi connectivity index (χ3v) is 4.15. The lowest BCUT2D eigenvalue weighted by atomic mass is 10.0. The summed E-state index contributed by atoms with van der Waals surface area (Å²) in [5.41, 5.74) is 3.43. The van der Waals surface area contributed by atoms with E-state index in [1.54, 1.807) is 52.0 Å². The van der Waals surface area contributed by atoms with Crippen molar-refractivity contribution in [3.63, 3.8) is 0 Å². The van der Waals surface area contributed by atoms with E-state index in [1.165, 1.54) is 6.92 Å². The zero-order valence-electron chi connectivity index (χ0n) is 16.2. The van der Waals surface area contributed by atoms with E-state index in [4.69, 9.17) is 4.74 Å². The Hall–Kier alpha value is -3.09. The van der Waals surface area contributed by atoms with Crippen LogP contribution in [0.5, 0.6) is 0 Å². The van der Waals surface area contributed by atoms with Gasteiger partial charge >= 0.3 is 5.97 Å². The van der Waals surface area contributed by atoms with E-state index in [9.17, 15) is 14.4 Å². The molecule has 27 heavy (non-hydrogen) atoms. The third kappa shape index (κ3) is 4.75. The lowest BCUT2D eigenvalue weighted by Crippen LogP contribution is -2.27. The van der Waals surface area contributed by atoms with Crippen LogP contribution in [0.25, 0.3) is 0 Å². The van der Waals surface area contributed by atoms with Crippen LogP contribution in [0.3, 0.4) is 0 Å². The summed E-state index contributed by atoms with van der Waals surface area (Å²) in [4.78, 5) is 39.0. The summed E-state index contributed by atoms with van der Waals surface area (Å²) in [5, 5.41) is 5.82. The number of anilines is 2. The Labute approximate surface area is 158 Å². The lowest BCUT2D eigenvalue weighted by Gasteiger charge is -2.14. The fraction of sp³-hybridized carbons (Fsp3) is 0.350. The fourth-order valence-corrected chi connectivity index (χ4v) is 2.89. The van der Waals surface area contributed by atoms with Crippen molar-refractivity contribution >= 4 is 29.0 Å². The summed E-state index contributed by atoms with van der Waals surface area (Å²) in [6.07, 6.45) is 0. The van der Waals surface area contributed by atoms with Crippen LogP contribution in [-0.2, 0) is 9.53 Å². The SMILES string of the molecule is CCOC(=O)c1c(C)[nH]c(C(=O)[C@@H](C)Nc2ccc(NC(C)=O)cc2)c1C. The topological polar surface area (TPSA) is 100 Å². The highest BCUT2D eigenvalue weighted by Gasteiger charge is 2.25. The van der Waals surface area contributed by atoms with Gasteiger partial charge < -0.3 is 20.4 Å². The standard InChI is InChI=1S/C20H25N3O4/c1-6-27-20(26)17-11(2)18(22-12(17)3)19(25)13(4)21-15-7-9-16(10-8-15)23-14(5)24/h7-10,13,21-22H,6H2,1-5H3,(H,23,24)/t13-/m1/s1. The number of amides is 1. The van der Waals surface area contributed by atoms with Crippen LogP contribution >= 0.6 is 0 Å². The minimum absolute atomic E-state index is 0.144. The molecule has 0 unspecified atom stereocenters. The molecule has 1 heterocycles. The van der Waals surface area contributed by atoms with Gasteiger partial charge in [0.05, 0.1) is 23.9 Å².